The number of aliphatic hydroxyl groups is 1. The number of nitrogens with zero attached hydrogens (tertiary/aromatic N) is 4. The van der Waals surface area contributed by atoms with Gasteiger partial charge in [-0.1, -0.05) is 32.9 Å². The Bertz CT molecular complexity index is 1280. The van der Waals surface area contributed by atoms with Gasteiger partial charge in [-0.25, -0.2) is 4.98 Å². The van der Waals surface area contributed by atoms with Crippen molar-refractivity contribution in [1.82, 2.24) is 19.7 Å². The molecule has 4 aliphatic rings. The van der Waals surface area contributed by atoms with Crippen LogP contribution in [0.1, 0.15) is 78.9 Å². The summed E-state index contributed by atoms with van der Waals surface area (Å²) in [6.45, 7) is 13.4. The molecule has 1 aromatic carbocycles. The molecule has 8 nitrogen and oxygen atoms in total. The van der Waals surface area contributed by atoms with E-state index in [1.807, 2.05) is 24.0 Å². The number of anilines is 1. The van der Waals surface area contributed by atoms with Crippen LogP contribution in [-0.2, 0) is 17.8 Å². The Labute approximate surface area is 254 Å². The number of benzene rings is 1. The Hall–Kier alpha value is -2.33. The zero-order valence-corrected chi connectivity index (χ0v) is 26.5. The second-order valence-electron chi connectivity index (χ2n) is 13.7. The zero-order valence-electron chi connectivity index (χ0n) is 25.6. The summed E-state index contributed by atoms with van der Waals surface area (Å²) in [6, 6.07) is 7.93. The summed E-state index contributed by atoms with van der Waals surface area (Å²) in [7, 11) is 2.16. The number of hydrogen-bond acceptors (Lipinski definition) is 7. The van der Waals surface area contributed by atoms with Gasteiger partial charge in [0.1, 0.15) is 0 Å². The minimum atomic E-state index is -0.544. The Morgan fingerprint density at radius 1 is 1.12 bits per heavy atom. The number of carbonyl (C=O) groups is 2. The molecule has 0 unspecified atom stereocenters. The molecule has 3 fully saturated rings. The van der Waals surface area contributed by atoms with Crippen LogP contribution in [0, 0.1) is 23.2 Å². The standard InChI is InChI=1S/C33H47N5O3S/c1-21(31(41)38-13-5-6-14-38)25-11-12-33(3)19-26-28(22(2)27(33)29(25)39)34-32(42-26)35-30(40)24-9-7-23(8-10-24)20-37-17-15-36(4)16-18-37/h7-10,21-22,25,27,29,39H,5-6,11-20H2,1-4H3,(H,34,35,40)/t21-,22-,25+,27+,29-,33+/m0/s1. The van der Waals surface area contributed by atoms with Crippen molar-refractivity contribution >= 4 is 28.3 Å². The van der Waals surface area contributed by atoms with Crippen LogP contribution >= 0.6 is 11.3 Å². The fraction of sp³-hybridized carbons (Fsp3) is 0.667. The van der Waals surface area contributed by atoms with Gasteiger partial charge in [0.2, 0.25) is 5.91 Å². The molecule has 2 aromatic rings. The molecule has 0 spiro atoms. The highest BCUT2D eigenvalue weighted by Gasteiger charge is 2.54. The van der Waals surface area contributed by atoms with E-state index in [0.29, 0.717) is 10.7 Å². The van der Waals surface area contributed by atoms with Gasteiger partial charge in [-0.15, -0.1) is 11.3 Å². The number of rotatable bonds is 6. The number of fused-ring (bicyclic) bond motifs is 2. The molecule has 1 aromatic heterocycles. The van der Waals surface area contributed by atoms with E-state index in [1.54, 1.807) is 11.3 Å². The lowest BCUT2D eigenvalue weighted by atomic mass is 9.53. The Morgan fingerprint density at radius 3 is 2.50 bits per heavy atom. The van der Waals surface area contributed by atoms with Crippen molar-refractivity contribution in [1.29, 1.82) is 0 Å². The van der Waals surface area contributed by atoms with Crippen LogP contribution in [0.15, 0.2) is 24.3 Å². The molecule has 3 heterocycles. The highest BCUT2D eigenvalue weighted by molar-refractivity contribution is 7.15. The molecule has 2 aliphatic heterocycles. The first-order chi connectivity index (χ1) is 20.1. The van der Waals surface area contributed by atoms with Gasteiger partial charge in [-0.3, -0.25) is 19.8 Å². The first-order valence-electron chi connectivity index (χ1n) is 15.9. The molecule has 9 heteroatoms. The number of carbonyl (C=O) groups excluding carboxylic acids is 2. The first-order valence-corrected chi connectivity index (χ1v) is 16.7. The fourth-order valence-electron chi connectivity index (χ4n) is 8.20. The van der Waals surface area contributed by atoms with Crippen LogP contribution in [0.4, 0.5) is 5.13 Å². The highest BCUT2D eigenvalue weighted by Crippen LogP contribution is 2.57. The number of amides is 2. The third-order valence-corrected chi connectivity index (χ3v) is 11.8. The Kier molecular flexibility index (Phi) is 8.48. The van der Waals surface area contributed by atoms with Crippen molar-refractivity contribution in [2.45, 2.75) is 71.4 Å². The van der Waals surface area contributed by atoms with E-state index in [4.69, 9.17) is 4.98 Å². The Morgan fingerprint density at radius 2 is 1.81 bits per heavy atom. The second-order valence-corrected chi connectivity index (χ2v) is 14.8. The molecule has 0 radical (unpaired) electrons. The molecule has 228 valence electrons. The highest BCUT2D eigenvalue weighted by atomic mass is 32.1. The number of likely N-dealkylation sites (N-methyl/N-ethyl adjacent to an activating group) is 1. The van der Waals surface area contributed by atoms with Crippen LogP contribution in [0.3, 0.4) is 0 Å². The number of hydrogen-bond donors (Lipinski definition) is 2. The smallest absolute Gasteiger partial charge is 0.257 e. The lowest BCUT2D eigenvalue weighted by Crippen LogP contribution is -2.53. The van der Waals surface area contributed by atoms with Crippen LogP contribution < -0.4 is 5.32 Å². The molecular weight excluding hydrogens is 546 g/mol. The van der Waals surface area contributed by atoms with Crippen molar-refractivity contribution in [2.24, 2.45) is 23.2 Å². The third kappa shape index (κ3) is 5.77. The SMILES string of the molecule is C[C@H](C(=O)N1CCCC1)[C@H]1CC[C@]2(C)Cc3sc(NC(=O)c4ccc(CN5CCN(C)CC5)cc4)nc3[C@@H](C)[C@@H]2[C@H]1O. The summed E-state index contributed by atoms with van der Waals surface area (Å²) < 4.78 is 0. The lowest BCUT2D eigenvalue weighted by Gasteiger charge is -2.53. The van der Waals surface area contributed by atoms with E-state index in [0.717, 1.165) is 83.6 Å². The maximum absolute atomic E-state index is 13.2. The van der Waals surface area contributed by atoms with Gasteiger partial charge in [0.15, 0.2) is 5.13 Å². The van der Waals surface area contributed by atoms with E-state index < -0.39 is 6.10 Å². The minimum absolute atomic E-state index is 0.0304. The average Bonchev–Trinajstić information content (AvgIpc) is 3.64. The van der Waals surface area contributed by atoms with Gasteiger partial charge < -0.3 is 14.9 Å². The van der Waals surface area contributed by atoms with E-state index in [9.17, 15) is 14.7 Å². The van der Waals surface area contributed by atoms with Crippen LogP contribution in [0.5, 0.6) is 0 Å². The summed E-state index contributed by atoms with van der Waals surface area (Å²) in [5.41, 5.74) is 2.80. The summed E-state index contributed by atoms with van der Waals surface area (Å²) in [4.78, 5) is 39.3. The van der Waals surface area contributed by atoms with E-state index in [1.165, 1.54) is 10.4 Å². The van der Waals surface area contributed by atoms with E-state index >= 15 is 0 Å². The van der Waals surface area contributed by atoms with Gasteiger partial charge >= 0.3 is 0 Å². The van der Waals surface area contributed by atoms with Gasteiger partial charge in [-0.05, 0) is 74.1 Å². The first kappa shape index (κ1) is 29.7. The van der Waals surface area contributed by atoms with Crippen molar-refractivity contribution in [3.63, 3.8) is 0 Å². The predicted molar refractivity (Wildman–Crippen MR) is 167 cm³/mol. The zero-order chi connectivity index (χ0) is 29.6. The molecule has 2 saturated heterocycles. The minimum Gasteiger partial charge on any atom is -0.392 e. The molecule has 0 bridgehead atoms. The monoisotopic (exact) mass is 593 g/mol. The summed E-state index contributed by atoms with van der Waals surface area (Å²) in [5, 5.41) is 15.4. The van der Waals surface area contributed by atoms with Crippen molar-refractivity contribution < 1.29 is 14.7 Å². The summed E-state index contributed by atoms with van der Waals surface area (Å²) >= 11 is 1.58. The molecule has 6 rings (SSSR count). The second kappa shape index (κ2) is 12.0. The number of piperazine rings is 1. The van der Waals surface area contributed by atoms with Crippen LogP contribution in [0.2, 0.25) is 0 Å². The van der Waals surface area contributed by atoms with E-state index in [-0.39, 0.29) is 40.9 Å². The number of nitrogens with one attached hydrogen (secondary N) is 1. The summed E-state index contributed by atoms with van der Waals surface area (Å²) in [6.07, 6.45) is 4.32. The van der Waals surface area contributed by atoms with Crippen molar-refractivity contribution in [3.8, 4) is 0 Å². The fourth-order valence-corrected chi connectivity index (χ4v) is 9.46. The molecule has 42 heavy (non-hydrogen) atoms. The average molecular weight is 594 g/mol. The molecule has 6 atom stereocenters. The molecule has 1 saturated carbocycles. The van der Waals surface area contributed by atoms with Crippen LogP contribution in [0.25, 0.3) is 0 Å². The molecular formula is C33H47N5O3S. The maximum atomic E-state index is 13.2. The summed E-state index contributed by atoms with van der Waals surface area (Å²) in [5.74, 6) is -0.0441. The molecule has 2 aliphatic carbocycles. The van der Waals surface area contributed by atoms with Gasteiger partial charge in [0, 0.05) is 68.1 Å². The van der Waals surface area contributed by atoms with Gasteiger partial charge in [0.05, 0.1) is 11.8 Å². The van der Waals surface area contributed by atoms with Gasteiger partial charge in [-0.2, -0.15) is 0 Å². The van der Waals surface area contributed by atoms with E-state index in [2.05, 4.69) is 48.1 Å². The lowest BCUT2D eigenvalue weighted by molar-refractivity contribution is -0.143. The van der Waals surface area contributed by atoms with Gasteiger partial charge in [0.25, 0.3) is 5.91 Å². The maximum Gasteiger partial charge on any atom is 0.257 e. The van der Waals surface area contributed by atoms with Crippen molar-refractivity contribution in [2.75, 3.05) is 51.6 Å². The number of aromatic nitrogens is 1. The Balaban J connectivity index is 1.11. The largest absolute Gasteiger partial charge is 0.392 e. The molecule has 2 amide bonds. The third-order valence-electron chi connectivity index (χ3n) is 10.8. The topological polar surface area (TPSA) is 89.0 Å². The number of thiazole rings is 1. The predicted octanol–water partition coefficient (Wildman–Crippen LogP) is 4.45. The normalized spacial score (nSPS) is 30.9. The quantitative estimate of drug-likeness (QED) is 0.515. The number of aliphatic hydroxyl groups excluding tert-OH is 1. The van der Waals surface area contributed by atoms with Crippen molar-refractivity contribution in [3.05, 3.63) is 46.0 Å². The molecule has 2 N–H and O–H groups in total. The number of likely N-dealkylation sites (tertiary alicyclic amines) is 1. The van der Waals surface area contributed by atoms with Crippen LogP contribution in [-0.4, -0.2) is 89.0 Å².